The van der Waals surface area contributed by atoms with Crippen molar-refractivity contribution in [3.63, 3.8) is 0 Å². The molecule has 4 heteroatoms. The van der Waals surface area contributed by atoms with Crippen LogP contribution in [0.15, 0.2) is 0 Å². The SMILES string of the molecule is CB(O)O[Si](C)(C)C. The Morgan fingerprint density at radius 3 is 1.75 bits per heavy atom. The van der Waals surface area contributed by atoms with E-state index in [2.05, 4.69) is 0 Å². The molecule has 0 saturated heterocycles. The topological polar surface area (TPSA) is 29.5 Å². The summed E-state index contributed by atoms with van der Waals surface area (Å²) in [6, 6.07) is 0. The summed E-state index contributed by atoms with van der Waals surface area (Å²) in [6.45, 7) is 7.76. The molecule has 0 heterocycles. The standard InChI is InChI=1S/C4H13BO2Si/c1-5(6)7-8(2,3)4/h6H,1-4H3. The lowest BCUT2D eigenvalue weighted by Gasteiger charge is -2.17. The zero-order valence-corrected chi connectivity index (χ0v) is 6.93. The smallest absolute Gasteiger partial charge is 0.440 e. The predicted octanol–water partition coefficient (Wildman–Crippen LogP) is 0.948. The van der Waals surface area contributed by atoms with Crippen LogP contribution in [0.4, 0.5) is 0 Å². The van der Waals surface area contributed by atoms with E-state index in [9.17, 15) is 0 Å². The van der Waals surface area contributed by atoms with Crippen molar-refractivity contribution in [3.05, 3.63) is 0 Å². The molecule has 0 aliphatic heterocycles. The van der Waals surface area contributed by atoms with Gasteiger partial charge in [0.25, 0.3) is 0 Å². The first-order valence-electron chi connectivity index (χ1n) is 2.78. The summed E-state index contributed by atoms with van der Waals surface area (Å²) in [7, 11) is -2.07. The first-order valence-corrected chi connectivity index (χ1v) is 6.18. The summed E-state index contributed by atoms with van der Waals surface area (Å²) in [5.74, 6) is 0. The zero-order chi connectivity index (χ0) is 6.78. The van der Waals surface area contributed by atoms with E-state index < -0.39 is 15.4 Å². The van der Waals surface area contributed by atoms with E-state index in [1.165, 1.54) is 0 Å². The highest BCUT2D eigenvalue weighted by molar-refractivity contribution is 6.75. The molecule has 0 aliphatic carbocycles. The zero-order valence-electron chi connectivity index (χ0n) is 5.93. The second-order valence-electron chi connectivity index (χ2n) is 2.83. The van der Waals surface area contributed by atoms with Gasteiger partial charge in [-0.3, -0.25) is 0 Å². The largest absolute Gasteiger partial charge is 0.454 e. The Labute approximate surface area is 52.1 Å². The maximum atomic E-state index is 8.70. The minimum atomic E-state index is -1.47. The van der Waals surface area contributed by atoms with E-state index in [0.29, 0.717) is 0 Å². The quantitative estimate of drug-likeness (QED) is 0.566. The van der Waals surface area contributed by atoms with Crippen LogP contribution in [0.2, 0.25) is 26.5 Å². The molecule has 0 aliphatic rings. The van der Waals surface area contributed by atoms with Crippen LogP contribution >= 0.6 is 0 Å². The van der Waals surface area contributed by atoms with Crippen LogP contribution in [0.1, 0.15) is 0 Å². The highest BCUT2D eigenvalue weighted by Gasteiger charge is 2.18. The Balaban J connectivity index is 3.39. The second kappa shape index (κ2) is 2.66. The average molecular weight is 132 g/mol. The van der Waals surface area contributed by atoms with Gasteiger partial charge in [-0.15, -0.1) is 0 Å². The van der Waals surface area contributed by atoms with Gasteiger partial charge >= 0.3 is 7.12 Å². The van der Waals surface area contributed by atoms with Crippen LogP contribution in [-0.4, -0.2) is 20.5 Å². The van der Waals surface area contributed by atoms with Gasteiger partial charge < -0.3 is 9.37 Å². The van der Waals surface area contributed by atoms with Crippen LogP contribution < -0.4 is 0 Å². The van der Waals surface area contributed by atoms with E-state index in [0.717, 1.165) is 0 Å². The molecule has 0 fully saturated rings. The van der Waals surface area contributed by atoms with Gasteiger partial charge in [-0.25, -0.2) is 0 Å². The first-order chi connectivity index (χ1) is 3.42. The summed E-state index contributed by atoms with van der Waals surface area (Å²) in [6.07, 6.45) is 0. The third kappa shape index (κ3) is 6.20. The molecule has 0 bridgehead atoms. The molecule has 0 amide bonds. The van der Waals surface area contributed by atoms with Crippen molar-refractivity contribution in [3.8, 4) is 0 Å². The van der Waals surface area contributed by atoms with Crippen molar-refractivity contribution in [1.29, 1.82) is 0 Å². The molecule has 0 aromatic rings. The average Bonchev–Trinajstić information content (AvgIpc) is 1.21. The maximum absolute atomic E-state index is 8.70. The Morgan fingerprint density at radius 1 is 1.38 bits per heavy atom. The number of hydrogen-bond donors (Lipinski definition) is 1. The Hall–Kier alpha value is 0.202. The van der Waals surface area contributed by atoms with Crippen molar-refractivity contribution in [2.45, 2.75) is 26.5 Å². The van der Waals surface area contributed by atoms with E-state index in [1.54, 1.807) is 6.82 Å². The van der Waals surface area contributed by atoms with Crippen LogP contribution in [0.25, 0.3) is 0 Å². The summed E-state index contributed by atoms with van der Waals surface area (Å²) < 4.78 is 5.13. The third-order valence-electron chi connectivity index (χ3n) is 0.524. The molecule has 1 N–H and O–H groups in total. The molecule has 0 unspecified atom stereocenters. The molecule has 0 radical (unpaired) electrons. The van der Waals surface area contributed by atoms with Crippen LogP contribution in [-0.2, 0) is 4.34 Å². The van der Waals surface area contributed by atoms with E-state index in [4.69, 9.17) is 9.37 Å². The fraction of sp³-hybridized carbons (Fsp3) is 1.00. The summed E-state index contributed by atoms with van der Waals surface area (Å²) in [5, 5.41) is 8.70. The third-order valence-corrected chi connectivity index (χ3v) is 1.57. The van der Waals surface area contributed by atoms with E-state index in [1.807, 2.05) is 19.6 Å². The minimum absolute atomic E-state index is 0.596. The lowest BCUT2D eigenvalue weighted by molar-refractivity contribution is 0.422. The fourth-order valence-corrected chi connectivity index (χ4v) is 1.54. The second-order valence-corrected chi connectivity index (χ2v) is 7.29. The monoisotopic (exact) mass is 132 g/mol. The molecular weight excluding hydrogens is 119 g/mol. The minimum Gasteiger partial charge on any atom is -0.454 e. The molecule has 8 heavy (non-hydrogen) atoms. The van der Waals surface area contributed by atoms with Crippen LogP contribution in [0.3, 0.4) is 0 Å². The molecule has 2 nitrogen and oxygen atoms in total. The van der Waals surface area contributed by atoms with Gasteiger partial charge in [0.1, 0.15) is 0 Å². The molecule has 0 saturated carbocycles. The molecule has 48 valence electrons. The van der Waals surface area contributed by atoms with Gasteiger partial charge in [0, 0.05) is 0 Å². The van der Waals surface area contributed by atoms with Gasteiger partial charge in [0.15, 0.2) is 8.32 Å². The lowest BCUT2D eigenvalue weighted by Crippen LogP contribution is -2.32. The predicted molar refractivity (Wildman–Crippen MR) is 38.3 cm³/mol. The Kier molecular flexibility index (Phi) is 2.73. The number of hydrogen-bond acceptors (Lipinski definition) is 2. The summed E-state index contributed by atoms with van der Waals surface area (Å²) in [5.41, 5.74) is 0. The number of rotatable bonds is 2. The van der Waals surface area contributed by atoms with Gasteiger partial charge in [0.2, 0.25) is 0 Å². The molecule has 0 spiro atoms. The maximum Gasteiger partial charge on any atom is 0.440 e. The first kappa shape index (κ1) is 8.20. The molecule has 0 atom stereocenters. The van der Waals surface area contributed by atoms with Crippen LogP contribution in [0.5, 0.6) is 0 Å². The molecule has 0 aromatic heterocycles. The normalized spacial score (nSPS) is 11.6. The molecule has 0 rings (SSSR count). The highest BCUT2D eigenvalue weighted by atomic mass is 28.4. The highest BCUT2D eigenvalue weighted by Crippen LogP contribution is 2.02. The van der Waals surface area contributed by atoms with Gasteiger partial charge in [0.05, 0.1) is 0 Å². The lowest BCUT2D eigenvalue weighted by atomic mass is 9.98. The van der Waals surface area contributed by atoms with Crippen molar-refractivity contribution in [2.24, 2.45) is 0 Å². The van der Waals surface area contributed by atoms with Gasteiger partial charge in [-0.2, -0.15) is 0 Å². The molecular formula is C4H13BO2Si. The van der Waals surface area contributed by atoms with Crippen molar-refractivity contribution in [2.75, 3.05) is 0 Å². The Morgan fingerprint density at radius 2 is 1.75 bits per heavy atom. The summed E-state index contributed by atoms with van der Waals surface area (Å²) in [4.78, 5) is 0. The van der Waals surface area contributed by atoms with Crippen molar-refractivity contribution >= 4 is 15.4 Å². The Bertz CT molecular complexity index is 68.9. The summed E-state index contributed by atoms with van der Waals surface area (Å²) >= 11 is 0. The van der Waals surface area contributed by atoms with Crippen molar-refractivity contribution < 1.29 is 9.37 Å². The van der Waals surface area contributed by atoms with E-state index >= 15 is 0 Å². The van der Waals surface area contributed by atoms with Gasteiger partial charge in [-0.05, 0) is 26.5 Å². The molecule has 0 aromatic carbocycles. The van der Waals surface area contributed by atoms with Crippen LogP contribution in [0, 0.1) is 0 Å². The fourth-order valence-electron chi connectivity index (χ4n) is 0.512. The van der Waals surface area contributed by atoms with Gasteiger partial charge in [-0.1, -0.05) is 0 Å². The van der Waals surface area contributed by atoms with Crippen molar-refractivity contribution in [1.82, 2.24) is 0 Å². The van der Waals surface area contributed by atoms with E-state index in [-0.39, 0.29) is 0 Å².